The van der Waals surface area contributed by atoms with Crippen molar-refractivity contribution in [2.75, 3.05) is 32.2 Å². The molecule has 1 amide bonds. The summed E-state index contributed by atoms with van der Waals surface area (Å²) in [6.07, 6.45) is 1.39. The van der Waals surface area contributed by atoms with E-state index in [1.807, 2.05) is 0 Å². The van der Waals surface area contributed by atoms with Crippen molar-refractivity contribution in [2.45, 2.75) is 4.90 Å². The minimum Gasteiger partial charge on any atom is -0.383 e. The van der Waals surface area contributed by atoms with E-state index < -0.39 is 15.9 Å². The molecule has 0 aliphatic rings. The van der Waals surface area contributed by atoms with Gasteiger partial charge in [0.1, 0.15) is 4.90 Å². The van der Waals surface area contributed by atoms with Crippen molar-refractivity contribution in [3.8, 4) is 0 Å². The highest BCUT2D eigenvalue weighted by Gasteiger charge is 2.19. The van der Waals surface area contributed by atoms with Gasteiger partial charge in [-0.2, -0.15) is 0 Å². The molecule has 0 spiro atoms. The van der Waals surface area contributed by atoms with Crippen molar-refractivity contribution in [1.82, 2.24) is 15.0 Å². The number of pyridine rings is 1. The molecule has 1 rings (SSSR count). The second kappa shape index (κ2) is 7.75. The lowest BCUT2D eigenvalue weighted by Crippen LogP contribution is -2.38. The van der Waals surface area contributed by atoms with Gasteiger partial charge in [0.25, 0.3) is 0 Å². The molecule has 9 nitrogen and oxygen atoms in total. The Labute approximate surface area is 116 Å². The maximum atomic E-state index is 12.0. The minimum absolute atomic E-state index is 0.000193. The van der Waals surface area contributed by atoms with Gasteiger partial charge in [0.05, 0.1) is 13.2 Å². The Morgan fingerprint density at radius 3 is 2.90 bits per heavy atom. The molecule has 112 valence electrons. The Hall–Kier alpha value is -1.75. The zero-order chi connectivity index (χ0) is 15.0. The lowest BCUT2D eigenvalue weighted by atomic mass is 10.5. The maximum absolute atomic E-state index is 12.0. The topological polar surface area (TPSA) is 135 Å². The number of ether oxygens (including phenoxy) is 1. The number of hydrogen-bond donors (Lipinski definition) is 4. The second-order valence-electron chi connectivity index (χ2n) is 3.66. The van der Waals surface area contributed by atoms with Crippen molar-refractivity contribution in [3.05, 3.63) is 18.3 Å². The van der Waals surface area contributed by atoms with Gasteiger partial charge in [0.15, 0.2) is 5.82 Å². The van der Waals surface area contributed by atoms with Gasteiger partial charge < -0.3 is 15.5 Å². The van der Waals surface area contributed by atoms with Gasteiger partial charge in [-0.3, -0.25) is 4.79 Å². The summed E-state index contributed by atoms with van der Waals surface area (Å²) in [5.41, 5.74) is 2.18. The number of carbonyl (C=O) groups is 1. The average molecular weight is 303 g/mol. The van der Waals surface area contributed by atoms with Gasteiger partial charge in [-0.1, -0.05) is 0 Å². The summed E-state index contributed by atoms with van der Waals surface area (Å²) < 4.78 is 30.9. The zero-order valence-corrected chi connectivity index (χ0v) is 11.7. The number of hydrogen-bond acceptors (Lipinski definition) is 7. The first-order valence-corrected chi connectivity index (χ1v) is 7.16. The number of rotatable bonds is 8. The van der Waals surface area contributed by atoms with Crippen molar-refractivity contribution in [2.24, 2.45) is 5.84 Å². The number of methoxy groups -OCH3 is 1. The molecular weight excluding hydrogens is 286 g/mol. The number of nitrogens with zero attached hydrogens (tertiary/aromatic N) is 1. The standard InChI is InChI=1S/C10H17N5O4S/c1-19-6-5-12-9(16)7-14-20(17,18)8-3-2-4-13-10(8)15-11/h2-4,14H,5-7,11H2,1H3,(H,12,16)(H,13,15). The van der Waals surface area contributed by atoms with Gasteiger partial charge >= 0.3 is 0 Å². The van der Waals surface area contributed by atoms with Crippen LogP contribution in [0.3, 0.4) is 0 Å². The first kappa shape index (κ1) is 16.3. The van der Waals surface area contributed by atoms with Crippen LogP contribution in [-0.4, -0.2) is 46.1 Å². The fourth-order valence-corrected chi connectivity index (χ4v) is 2.41. The third-order valence-electron chi connectivity index (χ3n) is 2.25. The largest absolute Gasteiger partial charge is 0.383 e. The molecule has 1 heterocycles. The predicted octanol–water partition coefficient (Wildman–Crippen LogP) is -1.59. The fourth-order valence-electron chi connectivity index (χ4n) is 1.31. The van der Waals surface area contributed by atoms with Crippen molar-refractivity contribution < 1.29 is 17.9 Å². The van der Waals surface area contributed by atoms with E-state index in [9.17, 15) is 13.2 Å². The third-order valence-corrected chi connectivity index (χ3v) is 3.68. The Bertz CT molecular complexity index is 548. The van der Waals surface area contributed by atoms with E-state index in [-0.39, 0.29) is 17.3 Å². The number of sulfonamides is 1. The molecule has 0 aromatic carbocycles. The number of anilines is 1. The summed E-state index contributed by atoms with van der Waals surface area (Å²) in [5.74, 6) is 4.72. The van der Waals surface area contributed by atoms with Crippen molar-refractivity contribution in [1.29, 1.82) is 0 Å². The zero-order valence-electron chi connectivity index (χ0n) is 10.9. The molecule has 0 unspecified atom stereocenters. The number of hydrazine groups is 1. The Morgan fingerprint density at radius 2 is 2.25 bits per heavy atom. The molecular formula is C10H17N5O4S. The van der Waals surface area contributed by atoms with Crippen LogP contribution in [0, 0.1) is 0 Å². The fraction of sp³-hybridized carbons (Fsp3) is 0.400. The quantitative estimate of drug-likeness (QED) is 0.258. The SMILES string of the molecule is COCCNC(=O)CNS(=O)(=O)c1cccnc1NN. The van der Waals surface area contributed by atoms with Crippen LogP contribution in [0.5, 0.6) is 0 Å². The summed E-state index contributed by atoms with van der Waals surface area (Å²) in [4.78, 5) is 15.0. The summed E-state index contributed by atoms with van der Waals surface area (Å²) in [7, 11) is -2.38. The van der Waals surface area contributed by atoms with E-state index in [1.165, 1.54) is 25.4 Å². The number of nitrogens with one attached hydrogen (secondary N) is 3. The van der Waals surface area contributed by atoms with Crippen LogP contribution in [0.15, 0.2) is 23.2 Å². The van der Waals surface area contributed by atoms with Gasteiger partial charge in [0, 0.05) is 19.9 Å². The molecule has 0 radical (unpaired) electrons. The number of amides is 1. The highest BCUT2D eigenvalue weighted by Crippen LogP contribution is 2.15. The molecule has 10 heteroatoms. The van der Waals surface area contributed by atoms with E-state index in [4.69, 9.17) is 10.6 Å². The van der Waals surface area contributed by atoms with E-state index >= 15 is 0 Å². The lowest BCUT2D eigenvalue weighted by molar-refractivity contribution is -0.120. The molecule has 0 aliphatic heterocycles. The second-order valence-corrected chi connectivity index (χ2v) is 5.40. The van der Waals surface area contributed by atoms with Crippen LogP contribution in [0.4, 0.5) is 5.82 Å². The predicted molar refractivity (Wildman–Crippen MR) is 72.1 cm³/mol. The molecule has 1 aromatic rings. The van der Waals surface area contributed by atoms with Crippen molar-refractivity contribution in [3.63, 3.8) is 0 Å². The first-order chi connectivity index (χ1) is 9.51. The highest BCUT2D eigenvalue weighted by molar-refractivity contribution is 7.89. The van der Waals surface area contributed by atoms with Gasteiger partial charge in [-0.25, -0.2) is 24.0 Å². The molecule has 1 aromatic heterocycles. The summed E-state index contributed by atoms with van der Waals surface area (Å²) in [6.45, 7) is 0.271. The Morgan fingerprint density at radius 1 is 1.50 bits per heavy atom. The Kier molecular flexibility index (Phi) is 6.31. The van der Waals surface area contributed by atoms with E-state index in [0.717, 1.165) is 0 Å². The molecule has 0 saturated carbocycles. The maximum Gasteiger partial charge on any atom is 0.244 e. The molecule has 0 aliphatic carbocycles. The number of aromatic nitrogens is 1. The van der Waals surface area contributed by atoms with Crippen LogP contribution in [0.25, 0.3) is 0 Å². The minimum atomic E-state index is -3.88. The van der Waals surface area contributed by atoms with E-state index in [1.54, 1.807) is 0 Å². The van der Waals surface area contributed by atoms with Crippen molar-refractivity contribution >= 4 is 21.7 Å². The first-order valence-electron chi connectivity index (χ1n) is 5.68. The van der Waals surface area contributed by atoms with Gasteiger partial charge in [-0.15, -0.1) is 0 Å². The molecule has 20 heavy (non-hydrogen) atoms. The van der Waals surface area contributed by atoms with Crippen LogP contribution in [-0.2, 0) is 19.6 Å². The van der Waals surface area contributed by atoms with Gasteiger partial charge in [-0.05, 0) is 12.1 Å². The Balaban J connectivity index is 2.64. The summed E-state index contributed by atoms with van der Waals surface area (Å²) in [5, 5.41) is 2.49. The van der Waals surface area contributed by atoms with Crippen LogP contribution in [0.1, 0.15) is 0 Å². The summed E-state index contributed by atoms with van der Waals surface area (Å²) in [6, 6.07) is 2.78. The molecule has 0 saturated heterocycles. The third kappa shape index (κ3) is 4.74. The number of nitrogen functional groups attached to an aromatic ring is 1. The molecule has 0 atom stereocenters. The lowest BCUT2D eigenvalue weighted by Gasteiger charge is -2.10. The van der Waals surface area contributed by atoms with E-state index in [0.29, 0.717) is 13.2 Å². The molecule has 5 N–H and O–H groups in total. The normalized spacial score (nSPS) is 11.1. The van der Waals surface area contributed by atoms with E-state index in [2.05, 4.69) is 20.4 Å². The molecule has 0 bridgehead atoms. The monoisotopic (exact) mass is 303 g/mol. The van der Waals surface area contributed by atoms with Gasteiger partial charge in [0.2, 0.25) is 15.9 Å². The van der Waals surface area contributed by atoms with Crippen LogP contribution < -0.4 is 21.3 Å². The summed E-state index contributed by atoms with van der Waals surface area (Å²) >= 11 is 0. The van der Waals surface area contributed by atoms with Crippen LogP contribution >= 0.6 is 0 Å². The number of nitrogens with two attached hydrogens (primary N) is 1. The number of carbonyl (C=O) groups excluding carboxylic acids is 1. The molecule has 0 fully saturated rings. The smallest absolute Gasteiger partial charge is 0.244 e. The average Bonchev–Trinajstić information content (AvgIpc) is 2.45. The van der Waals surface area contributed by atoms with Crippen LogP contribution in [0.2, 0.25) is 0 Å². The highest BCUT2D eigenvalue weighted by atomic mass is 32.2.